The highest BCUT2D eigenvalue weighted by Crippen LogP contribution is 2.51. The number of hydrogen-bond donors (Lipinski definition) is 2. The summed E-state index contributed by atoms with van der Waals surface area (Å²) in [5.74, 6) is 0.699. The van der Waals surface area contributed by atoms with Gasteiger partial charge in [-0.3, -0.25) is 9.69 Å². The van der Waals surface area contributed by atoms with Crippen molar-refractivity contribution in [1.29, 1.82) is 5.26 Å². The number of ether oxygens (including phenoxy) is 1. The first-order valence-corrected chi connectivity index (χ1v) is 14.6. The Kier molecular flexibility index (Phi) is 8.65. The number of amidine groups is 1. The number of benzene rings is 3. The zero-order chi connectivity index (χ0) is 28.1. The van der Waals surface area contributed by atoms with Gasteiger partial charge in [-0.2, -0.15) is 5.26 Å². The molecule has 8 nitrogen and oxygen atoms in total. The second-order valence-electron chi connectivity index (χ2n) is 9.12. The maximum absolute atomic E-state index is 13.9. The predicted molar refractivity (Wildman–Crippen MR) is 164 cm³/mol. The lowest BCUT2D eigenvalue weighted by Crippen LogP contribution is -2.29. The third-order valence-electron chi connectivity index (χ3n) is 6.38. The smallest absolute Gasteiger partial charge is 0.269 e. The van der Waals surface area contributed by atoms with Gasteiger partial charge in [0.05, 0.1) is 34.2 Å². The van der Waals surface area contributed by atoms with E-state index in [1.807, 2.05) is 86.6 Å². The molecule has 2 heterocycles. The van der Waals surface area contributed by atoms with E-state index < -0.39 is 0 Å². The number of aliphatic imine (C=N–C) groups is 1. The Balaban J connectivity index is 1.49. The van der Waals surface area contributed by atoms with Gasteiger partial charge in [0.25, 0.3) is 5.91 Å². The lowest BCUT2D eigenvalue weighted by atomic mass is 10.1. The average Bonchev–Trinajstić information content (AvgIpc) is 3.45. The largest absolute Gasteiger partial charge is 0.492 e. The van der Waals surface area contributed by atoms with E-state index in [-0.39, 0.29) is 5.91 Å². The van der Waals surface area contributed by atoms with Crippen LogP contribution < -0.4 is 20.3 Å². The van der Waals surface area contributed by atoms with E-state index in [0.29, 0.717) is 41.0 Å². The molecule has 10 heteroatoms. The van der Waals surface area contributed by atoms with Crippen molar-refractivity contribution in [3.8, 4) is 11.8 Å². The minimum absolute atomic E-state index is 0.0926. The summed E-state index contributed by atoms with van der Waals surface area (Å²) in [6.07, 6.45) is 0. The average molecular weight is 571 g/mol. The number of amides is 1. The first-order chi connectivity index (χ1) is 19.5. The van der Waals surface area contributed by atoms with Crippen LogP contribution in [0, 0.1) is 11.3 Å². The number of fused-ring (bicyclic) bond motifs is 1. The Morgan fingerprint density at radius 2 is 1.90 bits per heavy atom. The van der Waals surface area contributed by atoms with Crippen LogP contribution in [-0.2, 0) is 11.3 Å². The van der Waals surface area contributed by atoms with Crippen molar-refractivity contribution in [2.24, 2.45) is 4.99 Å². The molecule has 0 unspecified atom stereocenters. The second kappa shape index (κ2) is 12.5. The number of hydrogen-bond acceptors (Lipinski definition) is 9. The molecule has 1 fully saturated rings. The summed E-state index contributed by atoms with van der Waals surface area (Å²) in [6.45, 7) is 4.43. The maximum atomic E-state index is 13.9. The number of rotatable bonds is 9. The van der Waals surface area contributed by atoms with Crippen molar-refractivity contribution in [1.82, 2.24) is 10.2 Å². The number of nitrogens with one attached hydrogen (secondary N) is 2. The number of anilines is 2. The highest BCUT2D eigenvalue weighted by Gasteiger charge is 2.39. The predicted octanol–water partition coefficient (Wildman–Crippen LogP) is 5.76. The minimum Gasteiger partial charge on any atom is -0.492 e. The van der Waals surface area contributed by atoms with Gasteiger partial charge in [-0.15, -0.1) is 0 Å². The SMILES string of the molecule is CCNc1ccc(N=C2S/C(=C3/Sc4ccc(OCCNC)cc4N3C)C(=O)N2Cc2ccccc2)cc1C#N. The normalized spacial score (nSPS) is 17.4. The fourth-order valence-electron chi connectivity index (χ4n) is 4.36. The van der Waals surface area contributed by atoms with Gasteiger partial charge < -0.3 is 20.3 Å². The van der Waals surface area contributed by atoms with Crippen molar-refractivity contribution >= 4 is 51.7 Å². The Morgan fingerprint density at radius 1 is 1.07 bits per heavy atom. The van der Waals surface area contributed by atoms with Crippen molar-refractivity contribution in [2.75, 3.05) is 44.0 Å². The van der Waals surface area contributed by atoms with Gasteiger partial charge in [0.2, 0.25) is 0 Å². The molecule has 0 spiro atoms. The summed E-state index contributed by atoms with van der Waals surface area (Å²) in [4.78, 5) is 24.3. The Labute approximate surface area is 243 Å². The molecule has 2 aliphatic heterocycles. The van der Waals surface area contributed by atoms with Gasteiger partial charge in [-0.1, -0.05) is 42.1 Å². The highest BCUT2D eigenvalue weighted by molar-refractivity contribution is 8.19. The van der Waals surface area contributed by atoms with Crippen LogP contribution in [0.2, 0.25) is 0 Å². The molecule has 0 bridgehead atoms. The van der Waals surface area contributed by atoms with Crippen LogP contribution in [0.4, 0.5) is 17.1 Å². The number of nitrogens with zero attached hydrogens (tertiary/aromatic N) is 4. The maximum Gasteiger partial charge on any atom is 0.269 e. The summed E-state index contributed by atoms with van der Waals surface area (Å²) in [5, 5.41) is 17.4. The molecule has 0 saturated carbocycles. The first kappa shape index (κ1) is 27.6. The zero-order valence-electron chi connectivity index (χ0n) is 22.6. The fourth-order valence-corrected chi connectivity index (χ4v) is 6.68. The summed E-state index contributed by atoms with van der Waals surface area (Å²) in [7, 11) is 3.87. The summed E-state index contributed by atoms with van der Waals surface area (Å²) in [6, 6.07) is 23.6. The lowest BCUT2D eigenvalue weighted by Gasteiger charge is -2.17. The fraction of sp³-hybridized carbons (Fsp3) is 0.233. The topological polar surface area (TPSA) is 93.0 Å². The molecule has 40 heavy (non-hydrogen) atoms. The van der Waals surface area contributed by atoms with Gasteiger partial charge in [-0.25, -0.2) is 4.99 Å². The molecule has 0 aliphatic carbocycles. The van der Waals surface area contributed by atoms with Gasteiger partial charge in [-0.05, 0) is 61.6 Å². The van der Waals surface area contributed by atoms with Crippen LogP contribution >= 0.6 is 23.5 Å². The molecular formula is C30H30N6O2S2. The molecule has 5 rings (SSSR count). The van der Waals surface area contributed by atoms with E-state index in [2.05, 4.69) is 16.7 Å². The zero-order valence-corrected chi connectivity index (χ0v) is 24.2. The number of carbonyl (C=O) groups excluding carboxylic acids is 1. The standard InChI is InChI=1S/C30H30N6O2S2/c1-4-33-24-12-10-22(16-21(24)18-31)34-30-36(19-20-8-6-5-7-9-20)28(37)27(40-30)29-35(3)25-17-23(38-15-14-32-2)11-13-26(25)39-29/h5-13,16-17,32-33H,4,14-15,19H2,1-3H3/b29-27+,34-30?. The minimum atomic E-state index is -0.0926. The summed E-state index contributed by atoms with van der Waals surface area (Å²) >= 11 is 2.94. The van der Waals surface area contributed by atoms with Gasteiger partial charge >= 0.3 is 0 Å². The number of likely N-dealkylation sites (N-methyl/N-ethyl adjacent to an activating group) is 1. The molecule has 0 atom stereocenters. The Hall–Kier alpha value is -3.91. The van der Waals surface area contributed by atoms with E-state index in [1.165, 1.54) is 11.8 Å². The van der Waals surface area contributed by atoms with Crippen molar-refractivity contribution in [3.05, 3.63) is 87.8 Å². The van der Waals surface area contributed by atoms with Crippen molar-refractivity contribution in [2.45, 2.75) is 18.4 Å². The molecule has 0 radical (unpaired) electrons. The van der Waals surface area contributed by atoms with Crippen LogP contribution in [0.1, 0.15) is 18.1 Å². The number of thioether (sulfide) groups is 2. The van der Waals surface area contributed by atoms with Crippen LogP contribution in [0.25, 0.3) is 0 Å². The highest BCUT2D eigenvalue weighted by atomic mass is 32.2. The molecule has 3 aromatic rings. The Morgan fingerprint density at radius 3 is 2.65 bits per heavy atom. The van der Waals surface area contributed by atoms with Crippen molar-refractivity contribution < 1.29 is 9.53 Å². The molecule has 2 aliphatic rings. The number of nitriles is 1. The third-order valence-corrected chi connectivity index (χ3v) is 8.81. The van der Waals surface area contributed by atoms with E-state index in [9.17, 15) is 10.1 Å². The molecule has 0 aromatic heterocycles. The van der Waals surface area contributed by atoms with Crippen LogP contribution in [0.15, 0.2) is 86.6 Å². The van der Waals surface area contributed by atoms with Crippen LogP contribution in [0.3, 0.4) is 0 Å². The van der Waals surface area contributed by atoms with E-state index in [4.69, 9.17) is 9.73 Å². The van der Waals surface area contributed by atoms with Crippen LogP contribution in [0.5, 0.6) is 5.75 Å². The van der Waals surface area contributed by atoms with Gasteiger partial charge in [0.1, 0.15) is 23.3 Å². The van der Waals surface area contributed by atoms with Gasteiger partial charge in [0.15, 0.2) is 5.17 Å². The Bertz CT molecular complexity index is 1520. The van der Waals surface area contributed by atoms with E-state index >= 15 is 0 Å². The van der Waals surface area contributed by atoms with E-state index in [0.717, 1.165) is 39.2 Å². The van der Waals surface area contributed by atoms with Gasteiger partial charge in [0, 0.05) is 31.1 Å². The quantitative estimate of drug-likeness (QED) is 0.248. The van der Waals surface area contributed by atoms with Crippen molar-refractivity contribution in [3.63, 3.8) is 0 Å². The first-order valence-electron chi connectivity index (χ1n) is 13.0. The summed E-state index contributed by atoms with van der Waals surface area (Å²) in [5.41, 5.74) is 3.91. The van der Waals surface area contributed by atoms with E-state index in [1.54, 1.807) is 22.7 Å². The lowest BCUT2D eigenvalue weighted by molar-refractivity contribution is -0.122. The monoisotopic (exact) mass is 570 g/mol. The second-order valence-corrected chi connectivity index (χ2v) is 11.1. The third kappa shape index (κ3) is 5.82. The van der Waals surface area contributed by atoms with Crippen LogP contribution in [-0.4, -0.2) is 49.8 Å². The molecule has 3 aromatic carbocycles. The molecule has 1 saturated heterocycles. The molecule has 204 valence electrons. The summed E-state index contributed by atoms with van der Waals surface area (Å²) < 4.78 is 5.87. The molecule has 1 amide bonds. The molecular weight excluding hydrogens is 541 g/mol. The number of carbonyl (C=O) groups is 1. The molecule has 2 N–H and O–H groups in total.